The lowest BCUT2D eigenvalue weighted by Gasteiger charge is -2.30. The number of pyridine rings is 1. The maximum absolute atomic E-state index is 14.7. The second-order valence-electron chi connectivity index (χ2n) is 10.8. The molecule has 1 aromatic carbocycles. The van der Waals surface area contributed by atoms with Crippen molar-refractivity contribution < 1.29 is 60.8 Å². The molecule has 48 heavy (non-hydrogen) atoms. The molecule has 1 saturated heterocycles. The standard InChI is InChI=1S/C33H36F2N2O11/c1-4-43-17-27(38)45-18-46-30-25(42-3)12-13-36-28(30)31(39)37-24-8-5-7-21(15-20-10-11-22(34)16-23(20)35)29(19(2)47-32(24)40)48-33(41)26-9-6-14-44-26/h6,9-14,16,19,21,24,29H,4-5,7-8,15,17-18H2,1-3H3,(H,37,39)/t19-,21+,24-,29-/m0/s1. The molecular weight excluding hydrogens is 638 g/mol. The number of ether oxygens (including phenoxy) is 6. The fourth-order valence-electron chi connectivity index (χ4n) is 5.17. The monoisotopic (exact) mass is 674 g/mol. The van der Waals surface area contributed by atoms with Crippen molar-refractivity contribution in [3.8, 4) is 11.5 Å². The van der Waals surface area contributed by atoms with Crippen molar-refractivity contribution in [1.29, 1.82) is 0 Å². The van der Waals surface area contributed by atoms with Gasteiger partial charge in [0.25, 0.3) is 5.91 Å². The quantitative estimate of drug-likeness (QED) is 0.157. The van der Waals surface area contributed by atoms with Crippen LogP contribution in [0.25, 0.3) is 0 Å². The summed E-state index contributed by atoms with van der Waals surface area (Å²) in [7, 11) is 1.34. The van der Waals surface area contributed by atoms with Gasteiger partial charge in [0.15, 0.2) is 17.2 Å². The smallest absolute Gasteiger partial charge is 0.374 e. The Morgan fingerprint density at radius 1 is 1.12 bits per heavy atom. The summed E-state index contributed by atoms with van der Waals surface area (Å²) in [5.41, 5.74) is -0.0749. The van der Waals surface area contributed by atoms with Gasteiger partial charge >= 0.3 is 17.9 Å². The van der Waals surface area contributed by atoms with Crippen LogP contribution in [0.1, 0.15) is 59.7 Å². The highest BCUT2D eigenvalue weighted by Crippen LogP contribution is 2.31. The van der Waals surface area contributed by atoms with Crippen molar-refractivity contribution in [2.24, 2.45) is 5.92 Å². The summed E-state index contributed by atoms with van der Waals surface area (Å²) < 4.78 is 65.7. The molecule has 4 rings (SSSR count). The van der Waals surface area contributed by atoms with Crippen LogP contribution >= 0.6 is 0 Å². The molecule has 0 radical (unpaired) electrons. The van der Waals surface area contributed by atoms with E-state index in [1.54, 1.807) is 6.92 Å². The SMILES string of the molecule is CCOCC(=O)OCOc1c(OC)ccnc1C(=O)N[C@H]1CCC[C@H](Cc2ccc(F)cc2F)[C@@H](OC(=O)c2ccco2)[C@H](C)OC1=O. The Bertz CT molecular complexity index is 1570. The van der Waals surface area contributed by atoms with Gasteiger partial charge in [0.2, 0.25) is 12.6 Å². The Morgan fingerprint density at radius 3 is 2.65 bits per heavy atom. The maximum Gasteiger partial charge on any atom is 0.374 e. The lowest BCUT2D eigenvalue weighted by Crippen LogP contribution is -2.45. The van der Waals surface area contributed by atoms with Crippen molar-refractivity contribution in [3.05, 3.63) is 77.5 Å². The van der Waals surface area contributed by atoms with E-state index in [1.165, 1.54) is 50.8 Å². The van der Waals surface area contributed by atoms with Gasteiger partial charge in [-0.25, -0.2) is 28.1 Å². The summed E-state index contributed by atoms with van der Waals surface area (Å²) in [6.07, 6.45) is 1.21. The lowest BCUT2D eigenvalue weighted by molar-refractivity contribution is -0.158. The third kappa shape index (κ3) is 9.50. The molecule has 3 heterocycles. The van der Waals surface area contributed by atoms with Crippen LogP contribution in [0.3, 0.4) is 0 Å². The van der Waals surface area contributed by atoms with Gasteiger partial charge in [0.05, 0.1) is 13.4 Å². The summed E-state index contributed by atoms with van der Waals surface area (Å²) in [4.78, 5) is 55.7. The molecule has 15 heteroatoms. The summed E-state index contributed by atoms with van der Waals surface area (Å²) in [6, 6.07) is 6.36. The van der Waals surface area contributed by atoms with E-state index in [4.69, 9.17) is 32.8 Å². The van der Waals surface area contributed by atoms with Gasteiger partial charge in [-0.05, 0) is 56.9 Å². The van der Waals surface area contributed by atoms with Gasteiger partial charge in [-0.2, -0.15) is 0 Å². The Hall–Kier alpha value is -5.05. The van der Waals surface area contributed by atoms with E-state index in [2.05, 4.69) is 10.3 Å². The first-order chi connectivity index (χ1) is 23.1. The molecule has 4 atom stereocenters. The van der Waals surface area contributed by atoms with Crippen LogP contribution in [0.2, 0.25) is 0 Å². The molecule has 1 amide bonds. The molecule has 13 nitrogen and oxygen atoms in total. The number of aromatic nitrogens is 1. The number of carbonyl (C=O) groups excluding carboxylic acids is 4. The van der Waals surface area contributed by atoms with E-state index in [0.717, 1.165) is 12.1 Å². The number of methoxy groups -OCH3 is 1. The number of benzene rings is 1. The van der Waals surface area contributed by atoms with Crippen molar-refractivity contribution >= 4 is 23.8 Å². The van der Waals surface area contributed by atoms with Crippen molar-refractivity contribution in [2.75, 3.05) is 27.1 Å². The second kappa shape index (κ2) is 17.2. The third-order valence-corrected chi connectivity index (χ3v) is 7.50. The molecular formula is C33H36F2N2O11. The first kappa shape index (κ1) is 35.8. The summed E-state index contributed by atoms with van der Waals surface area (Å²) >= 11 is 0. The molecule has 0 bridgehead atoms. The number of hydrogen-bond donors (Lipinski definition) is 1. The number of halogens is 2. The minimum atomic E-state index is -1.17. The number of furan rings is 1. The normalized spacial score (nSPS) is 19.6. The number of nitrogens with zero attached hydrogens (tertiary/aromatic N) is 1. The number of esters is 3. The molecule has 0 saturated carbocycles. The first-order valence-electron chi connectivity index (χ1n) is 15.2. The number of amides is 1. The van der Waals surface area contributed by atoms with Crippen LogP contribution in [0.4, 0.5) is 8.78 Å². The van der Waals surface area contributed by atoms with Crippen LogP contribution in [0.5, 0.6) is 11.5 Å². The average Bonchev–Trinajstić information content (AvgIpc) is 3.62. The van der Waals surface area contributed by atoms with Crippen molar-refractivity contribution in [3.63, 3.8) is 0 Å². The Labute approximate surface area is 274 Å². The zero-order valence-corrected chi connectivity index (χ0v) is 26.6. The topological polar surface area (TPSA) is 162 Å². The molecule has 3 aromatic rings. The van der Waals surface area contributed by atoms with Gasteiger partial charge < -0.3 is 38.2 Å². The van der Waals surface area contributed by atoms with Crippen LogP contribution < -0.4 is 14.8 Å². The molecule has 1 N–H and O–H groups in total. The van der Waals surface area contributed by atoms with Crippen LogP contribution in [-0.2, 0) is 35.0 Å². The highest BCUT2D eigenvalue weighted by Gasteiger charge is 2.38. The molecule has 0 spiro atoms. The molecule has 2 aromatic heterocycles. The van der Waals surface area contributed by atoms with E-state index in [0.29, 0.717) is 19.4 Å². The summed E-state index contributed by atoms with van der Waals surface area (Å²) in [6.45, 7) is 2.67. The first-order valence-corrected chi connectivity index (χ1v) is 15.2. The molecule has 0 aliphatic carbocycles. The molecule has 0 unspecified atom stereocenters. The van der Waals surface area contributed by atoms with Crippen molar-refractivity contribution in [1.82, 2.24) is 10.3 Å². The van der Waals surface area contributed by atoms with Crippen LogP contribution in [-0.4, -0.2) is 74.2 Å². The third-order valence-electron chi connectivity index (χ3n) is 7.50. The number of cyclic esters (lactones) is 1. The van der Waals surface area contributed by atoms with E-state index in [-0.39, 0.29) is 48.0 Å². The lowest BCUT2D eigenvalue weighted by atomic mass is 9.86. The minimum Gasteiger partial charge on any atom is -0.493 e. The fraction of sp³-hybridized carbons (Fsp3) is 0.424. The zero-order chi connectivity index (χ0) is 34.6. The number of rotatable bonds is 13. The van der Waals surface area contributed by atoms with Gasteiger partial charge in [-0.3, -0.25) is 4.79 Å². The molecule has 1 fully saturated rings. The van der Waals surface area contributed by atoms with Crippen LogP contribution in [0, 0.1) is 17.6 Å². The fourth-order valence-corrected chi connectivity index (χ4v) is 5.17. The van der Waals surface area contributed by atoms with Crippen molar-refractivity contribution in [2.45, 2.75) is 57.8 Å². The van der Waals surface area contributed by atoms with E-state index >= 15 is 0 Å². The number of nitrogens with one attached hydrogen (secondary N) is 1. The largest absolute Gasteiger partial charge is 0.493 e. The Kier molecular flexibility index (Phi) is 12.8. The van der Waals surface area contributed by atoms with E-state index in [1.807, 2.05) is 0 Å². The maximum atomic E-state index is 14.7. The summed E-state index contributed by atoms with van der Waals surface area (Å²) in [5, 5.41) is 2.61. The Morgan fingerprint density at radius 2 is 1.94 bits per heavy atom. The van der Waals surface area contributed by atoms with Crippen LogP contribution in [0.15, 0.2) is 53.3 Å². The van der Waals surface area contributed by atoms with E-state index in [9.17, 15) is 28.0 Å². The predicted molar refractivity (Wildman–Crippen MR) is 161 cm³/mol. The molecule has 258 valence electrons. The molecule has 1 aliphatic heterocycles. The summed E-state index contributed by atoms with van der Waals surface area (Å²) in [5.74, 6) is -5.35. The highest BCUT2D eigenvalue weighted by molar-refractivity contribution is 5.98. The van der Waals surface area contributed by atoms with Gasteiger partial charge in [0, 0.05) is 30.9 Å². The Balaban J connectivity index is 1.53. The number of carbonyl (C=O) groups is 4. The van der Waals surface area contributed by atoms with Gasteiger partial charge in [-0.15, -0.1) is 0 Å². The number of hydrogen-bond acceptors (Lipinski definition) is 12. The van der Waals surface area contributed by atoms with Gasteiger partial charge in [-0.1, -0.05) is 12.5 Å². The van der Waals surface area contributed by atoms with E-state index < -0.39 is 66.4 Å². The van der Waals surface area contributed by atoms with Gasteiger partial charge in [0.1, 0.15) is 36.5 Å². The second-order valence-corrected chi connectivity index (χ2v) is 10.8. The zero-order valence-electron chi connectivity index (χ0n) is 26.6. The highest BCUT2D eigenvalue weighted by atomic mass is 19.1. The minimum absolute atomic E-state index is 0.0324. The molecule has 1 aliphatic rings. The predicted octanol–water partition coefficient (Wildman–Crippen LogP) is 4.18. The average molecular weight is 675 g/mol.